The summed E-state index contributed by atoms with van der Waals surface area (Å²) in [5.41, 5.74) is 0. The van der Waals surface area contributed by atoms with E-state index >= 15 is 0 Å². The number of methoxy groups -OCH3 is 1. The fourth-order valence-electron chi connectivity index (χ4n) is 1.78. The Kier molecular flexibility index (Phi) is 5.87. The molecule has 0 radical (unpaired) electrons. The van der Waals surface area contributed by atoms with Gasteiger partial charge in [-0.2, -0.15) is 0 Å². The molecule has 1 aliphatic rings. The average molecular weight is 216 g/mol. The zero-order valence-corrected chi connectivity index (χ0v) is 9.66. The van der Waals surface area contributed by atoms with E-state index in [4.69, 9.17) is 17.0 Å². The predicted octanol–water partition coefficient (Wildman–Crippen LogP) is 1.29. The van der Waals surface area contributed by atoms with Gasteiger partial charge in [-0.25, -0.2) is 0 Å². The van der Waals surface area contributed by atoms with E-state index in [1.807, 2.05) is 0 Å². The summed E-state index contributed by atoms with van der Waals surface area (Å²) in [6.45, 7) is 2.51. The highest BCUT2D eigenvalue weighted by atomic mass is 32.1. The Morgan fingerprint density at radius 3 is 2.71 bits per heavy atom. The average Bonchev–Trinajstić information content (AvgIpc) is 2.68. The lowest BCUT2D eigenvalue weighted by atomic mass is 10.1. The molecule has 0 bridgehead atoms. The second-order valence-electron chi connectivity index (χ2n) is 3.78. The summed E-state index contributed by atoms with van der Waals surface area (Å²) in [6, 6.07) is 0. The van der Waals surface area contributed by atoms with Gasteiger partial charge in [0, 0.05) is 20.2 Å². The molecule has 14 heavy (non-hydrogen) atoms. The number of rotatable bonds is 5. The molecule has 0 spiro atoms. The molecule has 0 aliphatic heterocycles. The molecule has 0 unspecified atom stereocenters. The molecular weight excluding hydrogens is 196 g/mol. The molecular formula is C10H20N2OS. The van der Waals surface area contributed by atoms with Crippen LogP contribution >= 0.6 is 12.2 Å². The third-order valence-electron chi connectivity index (χ3n) is 2.62. The zero-order valence-electron chi connectivity index (χ0n) is 8.84. The molecule has 4 heteroatoms. The summed E-state index contributed by atoms with van der Waals surface area (Å²) in [5, 5.41) is 7.11. The van der Waals surface area contributed by atoms with Gasteiger partial charge in [-0.15, -0.1) is 0 Å². The van der Waals surface area contributed by atoms with E-state index in [1.165, 1.54) is 25.7 Å². The fraction of sp³-hybridized carbons (Fsp3) is 0.900. The first-order valence-corrected chi connectivity index (χ1v) is 5.74. The number of nitrogens with one attached hydrogen (secondary N) is 2. The number of hydrogen-bond donors (Lipinski definition) is 2. The predicted molar refractivity (Wildman–Crippen MR) is 62.4 cm³/mol. The van der Waals surface area contributed by atoms with Gasteiger partial charge < -0.3 is 15.4 Å². The van der Waals surface area contributed by atoms with Gasteiger partial charge in [0.2, 0.25) is 0 Å². The monoisotopic (exact) mass is 216 g/mol. The lowest BCUT2D eigenvalue weighted by Gasteiger charge is -2.13. The van der Waals surface area contributed by atoms with Crippen molar-refractivity contribution in [1.29, 1.82) is 0 Å². The highest BCUT2D eigenvalue weighted by Crippen LogP contribution is 2.23. The first kappa shape index (κ1) is 11.7. The first-order chi connectivity index (χ1) is 6.83. The normalized spacial score (nSPS) is 16.9. The number of hydrogen-bond acceptors (Lipinski definition) is 2. The summed E-state index contributed by atoms with van der Waals surface area (Å²) in [4.78, 5) is 0. The van der Waals surface area contributed by atoms with Crippen LogP contribution in [0.5, 0.6) is 0 Å². The molecule has 1 fully saturated rings. The third-order valence-corrected chi connectivity index (χ3v) is 2.91. The van der Waals surface area contributed by atoms with Crippen molar-refractivity contribution < 1.29 is 4.74 Å². The van der Waals surface area contributed by atoms with E-state index in [-0.39, 0.29) is 0 Å². The second kappa shape index (κ2) is 7.01. The summed E-state index contributed by atoms with van der Waals surface area (Å²) >= 11 is 5.12. The van der Waals surface area contributed by atoms with Crippen LogP contribution in [0.3, 0.4) is 0 Å². The van der Waals surface area contributed by atoms with Crippen LogP contribution in [-0.4, -0.2) is 31.9 Å². The topological polar surface area (TPSA) is 33.3 Å². The summed E-state index contributed by atoms with van der Waals surface area (Å²) < 4.78 is 4.92. The van der Waals surface area contributed by atoms with Crippen LogP contribution in [0.1, 0.15) is 25.7 Å². The maximum Gasteiger partial charge on any atom is 0.166 e. The van der Waals surface area contributed by atoms with E-state index in [0.717, 1.165) is 24.1 Å². The van der Waals surface area contributed by atoms with Crippen LogP contribution in [0.15, 0.2) is 0 Å². The van der Waals surface area contributed by atoms with Gasteiger partial charge in [-0.1, -0.05) is 12.8 Å². The molecule has 0 aromatic carbocycles. The maximum absolute atomic E-state index is 5.12. The van der Waals surface area contributed by atoms with Crippen molar-refractivity contribution in [2.24, 2.45) is 5.92 Å². The summed E-state index contributed by atoms with van der Waals surface area (Å²) in [7, 11) is 1.69. The Morgan fingerprint density at radius 1 is 1.36 bits per heavy atom. The third kappa shape index (κ3) is 4.77. The second-order valence-corrected chi connectivity index (χ2v) is 4.19. The lowest BCUT2D eigenvalue weighted by Crippen LogP contribution is -2.39. The Balaban J connectivity index is 1.96. The van der Waals surface area contributed by atoms with Crippen molar-refractivity contribution in [2.75, 3.05) is 26.8 Å². The minimum absolute atomic E-state index is 0.700. The van der Waals surface area contributed by atoms with E-state index in [1.54, 1.807) is 7.11 Å². The standard InChI is InChI=1S/C10H20N2OS/c1-13-7-6-11-10(14)12-8-9-4-2-3-5-9/h9H,2-8H2,1H3,(H2,11,12,14). The van der Waals surface area contributed by atoms with Gasteiger partial charge >= 0.3 is 0 Å². The molecule has 0 atom stereocenters. The van der Waals surface area contributed by atoms with Gasteiger partial charge in [-0.05, 0) is 31.0 Å². The highest BCUT2D eigenvalue weighted by molar-refractivity contribution is 7.80. The van der Waals surface area contributed by atoms with Crippen molar-refractivity contribution in [1.82, 2.24) is 10.6 Å². The molecule has 0 saturated heterocycles. The largest absolute Gasteiger partial charge is 0.383 e. The van der Waals surface area contributed by atoms with E-state index in [9.17, 15) is 0 Å². The van der Waals surface area contributed by atoms with Crippen LogP contribution in [0.4, 0.5) is 0 Å². The highest BCUT2D eigenvalue weighted by Gasteiger charge is 2.14. The Hall–Kier alpha value is -0.350. The summed E-state index contributed by atoms with van der Waals surface area (Å²) in [5.74, 6) is 0.831. The van der Waals surface area contributed by atoms with Crippen LogP contribution in [0.2, 0.25) is 0 Å². The van der Waals surface area contributed by atoms with Gasteiger partial charge in [-0.3, -0.25) is 0 Å². The number of thiocarbonyl (C=S) groups is 1. The molecule has 0 aromatic rings. The van der Waals surface area contributed by atoms with Crippen molar-refractivity contribution in [3.8, 4) is 0 Å². The van der Waals surface area contributed by atoms with Crippen LogP contribution in [-0.2, 0) is 4.74 Å². The summed E-state index contributed by atoms with van der Waals surface area (Å²) in [6.07, 6.45) is 5.48. The number of ether oxygens (including phenoxy) is 1. The molecule has 3 nitrogen and oxygen atoms in total. The van der Waals surface area contributed by atoms with Gasteiger partial charge in [0.25, 0.3) is 0 Å². The minimum atomic E-state index is 0.700. The quantitative estimate of drug-likeness (QED) is 0.536. The minimum Gasteiger partial charge on any atom is -0.383 e. The molecule has 82 valence electrons. The van der Waals surface area contributed by atoms with Crippen molar-refractivity contribution in [2.45, 2.75) is 25.7 Å². The van der Waals surface area contributed by atoms with Crippen LogP contribution in [0.25, 0.3) is 0 Å². The Morgan fingerprint density at radius 2 is 2.07 bits per heavy atom. The van der Waals surface area contributed by atoms with E-state index in [0.29, 0.717) is 6.61 Å². The SMILES string of the molecule is COCCNC(=S)NCC1CCCC1. The Bertz CT molecular complexity index is 170. The van der Waals surface area contributed by atoms with Gasteiger partial charge in [0.05, 0.1) is 6.61 Å². The van der Waals surface area contributed by atoms with Crippen LogP contribution < -0.4 is 10.6 Å². The Labute approximate surface area is 91.6 Å². The first-order valence-electron chi connectivity index (χ1n) is 5.33. The molecule has 2 N–H and O–H groups in total. The van der Waals surface area contributed by atoms with Gasteiger partial charge in [0.1, 0.15) is 0 Å². The van der Waals surface area contributed by atoms with Crippen molar-refractivity contribution >= 4 is 17.3 Å². The molecule has 1 rings (SSSR count). The molecule has 0 amide bonds. The lowest BCUT2D eigenvalue weighted by molar-refractivity contribution is 0.204. The maximum atomic E-state index is 5.12. The smallest absolute Gasteiger partial charge is 0.166 e. The molecule has 1 aliphatic carbocycles. The van der Waals surface area contributed by atoms with Gasteiger partial charge in [0.15, 0.2) is 5.11 Å². The van der Waals surface area contributed by atoms with E-state index in [2.05, 4.69) is 10.6 Å². The van der Waals surface area contributed by atoms with Crippen molar-refractivity contribution in [3.63, 3.8) is 0 Å². The van der Waals surface area contributed by atoms with E-state index < -0.39 is 0 Å². The molecule has 1 saturated carbocycles. The van der Waals surface area contributed by atoms with Crippen molar-refractivity contribution in [3.05, 3.63) is 0 Å². The molecule has 0 heterocycles. The fourth-order valence-corrected chi connectivity index (χ4v) is 1.97. The zero-order chi connectivity index (χ0) is 10.2. The van der Waals surface area contributed by atoms with Crippen LogP contribution in [0, 0.1) is 5.92 Å². The molecule has 0 aromatic heterocycles.